The van der Waals surface area contributed by atoms with E-state index < -0.39 is 11.4 Å². The number of carbonyl (C=O) groups is 1. The van der Waals surface area contributed by atoms with Crippen LogP contribution in [0.1, 0.15) is 31.1 Å². The van der Waals surface area contributed by atoms with Crippen molar-refractivity contribution >= 4 is 17.5 Å². The number of rotatable bonds is 1. The molecule has 0 atom stereocenters. The summed E-state index contributed by atoms with van der Waals surface area (Å²) in [5.41, 5.74) is -0.251. The number of amides is 1. The molecule has 0 unspecified atom stereocenters. The Hall–Kier alpha value is -1.06. The lowest BCUT2D eigenvalue weighted by atomic mass is 10.1. The van der Waals surface area contributed by atoms with Gasteiger partial charge in [0, 0.05) is 10.6 Å². The Labute approximate surface area is 94.2 Å². The van der Waals surface area contributed by atoms with Gasteiger partial charge in [-0.05, 0) is 39.0 Å². The predicted octanol–water partition coefficient (Wildman–Crippen LogP) is 2.97. The van der Waals surface area contributed by atoms with Crippen molar-refractivity contribution in [3.8, 4) is 0 Å². The van der Waals surface area contributed by atoms with Gasteiger partial charge in [-0.15, -0.1) is 0 Å². The standard InChI is InChI=1S/C11H14ClNO2/c1-11(2,3)13(15)10(14)8-5-4-6-9(12)7-8/h4-7,15H,1-3H3. The van der Waals surface area contributed by atoms with Gasteiger partial charge in [0.05, 0.1) is 5.54 Å². The fourth-order valence-electron chi connectivity index (χ4n) is 1.05. The van der Waals surface area contributed by atoms with Crippen LogP contribution in [0.3, 0.4) is 0 Å². The van der Waals surface area contributed by atoms with Gasteiger partial charge in [0.25, 0.3) is 5.91 Å². The molecule has 0 radical (unpaired) electrons. The van der Waals surface area contributed by atoms with Gasteiger partial charge < -0.3 is 0 Å². The van der Waals surface area contributed by atoms with Crippen LogP contribution in [0, 0.1) is 0 Å². The molecule has 0 heterocycles. The van der Waals surface area contributed by atoms with E-state index in [0.29, 0.717) is 15.6 Å². The summed E-state index contributed by atoms with van der Waals surface area (Å²) in [5, 5.41) is 10.8. The van der Waals surface area contributed by atoms with Crippen LogP contribution in [-0.2, 0) is 0 Å². The molecule has 1 amide bonds. The highest BCUT2D eigenvalue weighted by Gasteiger charge is 2.25. The van der Waals surface area contributed by atoms with Crippen LogP contribution >= 0.6 is 11.6 Å². The van der Waals surface area contributed by atoms with Gasteiger partial charge in [0.2, 0.25) is 0 Å². The quantitative estimate of drug-likeness (QED) is 0.592. The van der Waals surface area contributed by atoms with E-state index in [1.54, 1.807) is 39.0 Å². The molecule has 3 nitrogen and oxygen atoms in total. The number of carbonyl (C=O) groups excluding carboxylic acids is 1. The molecule has 1 aromatic carbocycles. The van der Waals surface area contributed by atoms with Gasteiger partial charge in [-0.25, -0.2) is 5.06 Å². The average Bonchev–Trinajstić information content (AvgIpc) is 2.14. The van der Waals surface area contributed by atoms with Crippen LogP contribution in [0.4, 0.5) is 0 Å². The number of hydrogen-bond acceptors (Lipinski definition) is 2. The Balaban J connectivity index is 2.95. The summed E-state index contributed by atoms with van der Waals surface area (Å²) in [6.45, 7) is 5.24. The maximum atomic E-state index is 11.8. The van der Waals surface area contributed by atoms with E-state index in [-0.39, 0.29) is 0 Å². The van der Waals surface area contributed by atoms with Crippen LogP contribution in [-0.4, -0.2) is 21.7 Å². The molecule has 0 saturated carbocycles. The highest BCUT2D eigenvalue weighted by Crippen LogP contribution is 2.17. The Morgan fingerprint density at radius 1 is 1.40 bits per heavy atom. The van der Waals surface area contributed by atoms with E-state index in [0.717, 1.165) is 0 Å². The largest absolute Gasteiger partial charge is 0.285 e. The molecular weight excluding hydrogens is 214 g/mol. The number of benzene rings is 1. The first-order valence-electron chi connectivity index (χ1n) is 4.61. The fourth-order valence-corrected chi connectivity index (χ4v) is 1.24. The Morgan fingerprint density at radius 3 is 2.47 bits per heavy atom. The minimum atomic E-state index is -0.626. The summed E-state index contributed by atoms with van der Waals surface area (Å²) < 4.78 is 0. The number of nitrogens with zero attached hydrogens (tertiary/aromatic N) is 1. The van der Waals surface area contributed by atoms with Gasteiger partial charge >= 0.3 is 0 Å². The Bertz CT molecular complexity index is 371. The molecule has 0 saturated heterocycles. The van der Waals surface area contributed by atoms with Crippen molar-refractivity contribution in [3.05, 3.63) is 34.9 Å². The first-order chi connectivity index (χ1) is 6.82. The maximum absolute atomic E-state index is 11.8. The molecular formula is C11H14ClNO2. The third-order valence-corrected chi connectivity index (χ3v) is 2.13. The van der Waals surface area contributed by atoms with Gasteiger partial charge in [0.1, 0.15) is 0 Å². The second kappa shape index (κ2) is 4.21. The van der Waals surface area contributed by atoms with Gasteiger partial charge in [-0.1, -0.05) is 17.7 Å². The highest BCUT2D eigenvalue weighted by atomic mass is 35.5. The summed E-state index contributed by atoms with van der Waals surface area (Å²) in [4.78, 5) is 11.8. The summed E-state index contributed by atoms with van der Waals surface area (Å²) in [5.74, 6) is -0.454. The molecule has 1 rings (SSSR count). The number of halogens is 1. The molecule has 15 heavy (non-hydrogen) atoms. The number of hydrogen-bond donors (Lipinski definition) is 1. The molecule has 0 aliphatic heterocycles. The lowest BCUT2D eigenvalue weighted by Crippen LogP contribution is -2.43. The summed E-state index contributed by atoms with van der Waals surface area (Å²) in [7, 11) is 0. The summed E-state index contributed by atoms with van der Waals surface area (Å²) in [6, 6.07) is 6.49. The average molecular weight is 228 g/mol. The molecule has 82 valence electrons. The molecule has 4 heteroatoms. The van der Waals surface area contributed by atoms with Crippen molar-refractivity contribution in [2.45, 2.75) is 26.3 Å². The summed E-state index contributed by atoms with van der Waals surface area (Å²) >= 11 is 5.76. The monoisotopic (exact) mass is 227 g/mol. The zero-order valence-electron chi connectivity index (χ0n) is 8.99. The zero-order valence-corrected chi connectivity index (χ0v) is 9.75. The zero-order chi connectivity index (χ0) is 11.6. The van der Waals surface area contributed by atoms with E-state index in [2.05, 4.69) is 0 Å². The van der Waals surface area contributed by atoms with Crippen molar-refractivity contribution < 1.29 is 10.0 Å². The Kier molecular flexibility index (Phi) is 3.37. The van der Waals surface area contributed by atoms with Crippen LogP contribution < -0.4 is 0 Å². The normalized spacial score (nSPS) is 11.3. The van der Waals surface area contributed by atoms with E-state index in [1.807, 2.05) is 0 Å². The molecule has 0 spiro atoms. The first-order valence-corrected chi connectivity index (χ1v) is 4.99. The van der Waals surface area contributed by atoms with Crippen LogP contribution in [0.2, 0.25) is 5.02 Å². The van der Waals surface area contributed by atoms with Gasteiger partial charge in [-0.2, -0.15) is 0 Å². The van der Waals surface area contributed by atoms with Crippen molar-refractivity contribution in [2.75, 3.05) is 0 Å². The predicted molar refractivity (Wildman–Crippen MR) is 59.2 cm³/mol. The SMILES string of the molecule is CC(C)(C)N(O)C(=O)c1cccc(Cl)c1. The van der Waals surface area contributed by atoms with Crippen molar-refractivity contribution in [2.24, 2.45) is 0 Å². The molecule has 1 aromatic rings. The minimum absolute atomic E-state index is 0.375. The van der Waals surface area contributed by atoms with Crippen LogP contribution in [0.15, 0.2) is 24.3 Å². The molecule has 0 bridgehead atoms. The van der Waals surface area contributed by atoms with E-state index >= 15 is 0 Å². The second-order valence-corrected chi connectivity index (χ2v) is 4.73. The summed E-state index contributed by atoms with van der Waals surface area (Å²) in [6.07, 6.45) is 0. The van der Waals surface area contributed by atoms with Crippen LogP contribution in [0.25, 0.3) is 0 Å². The minimum Gasteiger partial charge on any atom is -0.285 e. The van der Waals surface area contributed by atoms with Gasteiger partial charge in [0.15, 0.2) is 0 Å². The molecule has 0 aliphatic rings. The maximum Gasteiger partial charge on any atom is 0.277 e. The van der Waals surface area contributed by atoms with E-state index in [1.165, 1.54) is 6.07 Å². The van der Waals surface area contributed by atoms with E-state index in [4.69, 9.17) is 11.6 Å². The van der Waals surface area contributed by atoms with Crippen molar-refractivity contribution in [1.29, 1.82) is 0 Å². The molecule has 0 aliphatic carbocycles. The van der Waals surface area contributed by atoms with Gasteiger partial charge in [-0.3, -0.25) is 10.0 Å². The van der Waals surface area contributed by atoms with Crippen molar-refractivity contribution in [1.82, 2.24) is 5.06 Å². The molecule has 1 N–H and O–H groups in total. The van der Waals surface area contributed by atoms with E-state index in [9.17, 15) is 10.0 Å². The highest BCUT2D eigenvalue weighted by molar-refractivity contribution is 6.30. The third kappa shape index (κ3) is 2.94. The van der Waals surface area contributed by atoms with Crippen LogP contribution in [0.5, 0.6) is 0 Å². The first kappa shape index (κ1) is 12.0. The number of hydroxylamine groups is 2. The Morgan fingerprint density at radius 2 is 2.00 bits per heavy atom. The smallest absolute Gasteiger partial charge is 0.277 e. The molecule has 0 fully saturated rings. The van der Waals surface area contributed by atoms with Crippen molar-refractivity contribution in [3.63, 3.8) is 0 Å². The second-order valence-electron chi connectivity index (χ2n) is 4.30. The molecule has 0 aromatic heterocycles. The third-order valence-electron chi connectivity index (χ3n) is 1.90. The topological polar surface area (TPSA) is 40.5 Å². The lowest BCUT2D eigenvalue weighted by Gasteiger charge is -2.29. The lowest BCUT2D eigenvalue weighted by molar-refractivity contribution is -0.114. The fraction of sp³-hybridized carbons (Fsp3) is 0.364.